The summed E-state index contributed by atoms with van der Waals surface area (Å²) in [7, 11) is 0. The van der Waals surface area contributed by atoms with Crippen molar-refractivity contribution in [1.29, 1.82) is 0 Å². The first kappa shape index (κ1) is 23.7. The highest BCUT2D eigenvalue weighted by Crippen LogP contribution is 2.40. The fraction of sp³-hybridized carbons (Fsp3) is 0.462. The number of amides is 2. The van der Waals surface area contributed by atoms with Crippen molar-refractivity contribution in [2.45, 2.75) is 43.7 Å². The minimum Gasteiger partial charge on any atom is -0.378 e. The number of halogens is 1. The van der Waals surface area contributed by atoms with Crippen LogP contribution in [-0.4, -0.2) is 61.6 Å². The van der Waals surface area contributed by atoms with E-state index in [4.69, 9.17) is 16.3 Å². The van der Waals surface area contributed by atoms with E-state index in [1.165, 1.54) is 5.56 Å². The summed E-state index contributed by atoms with van der Waals surface area (Å²) in [6, 6.07) is 17.2. The van der Waals surface area contributed by atoms with E-state index in [1.807, 2.05) is 30.3 Å². The number of morpholine rings is 1. The van der Waals surface area contributed by atoms with Gasteiger partial charge in [-0.2, -0.15) is 0 Å². The topological polar surface area (TPSA) is 70.7 Å². The molecule has 0 spiro atoms. The maximum Gasteiger partial charge on any atom is 0.251 e. The highest BCUT2D eigenvalue weighted by atomic mass is 35.5. The van der Waals surface area contributed by atoms with E-state index in [-0.39, 0.29) is 11.8 Å². The molecular formula is C26H32ClN3O3. The van der Waals surface area contributed by atoms with Crippen LogP contribution in [0.15, 0.2) is 54.6 Å². The van der Waals surface area contributed by atoms with Gasteiger partial charge in [0.2, 0.25) is 5.91 Å². The zero-order valence-corrected chi connectivity index (χ0v) is 19.6. The van der Waals surface area contributed by atoms with E-state index >= 15 is 0 Å². The highest BCUT2D eigenvalue weighted by Gasteiger charge is 2.37. The van der Waals surface area contributed by atoms with Crippen molar-refractivity contribution in [1.82, 2.24) is 15.5 Å². The lowest BCUT2D eigenvalue weighted by molar-refractivity contribution is -0.137. The molecule has 0 bridgehead atoms. The first-order chi connectivity index (χ1) is 16.1. The molecule has 176 valence electrons. The molecule has 2 amide bonds. The SMILES string of the molecule is O=C(N[C@@H](CCCCNC1C[C@H]1c1ccc(Cl)cc1)C(=O)N1CCOCC1)c1ccccc1. The van der Waals surface area contributed by atoms with E-state index in [0.717, 1.165) is 30.8 Å². The van der Waals surface area contributed by atoms with Crippen LogP contribution >= 0.6 is 11.6 Å². The average molecular weight is 470 g/mol. The molecule has 2 aromatic carbocycles. The Labute approximate surface area is 200 Å². The summed E-state index contributed by atoms with van der Waals surface area (Å²) in [5, 5.41) is 7.36. The molecule has 1 unspecified atom stereocenters. The minimum absolute atomic E-state index is 0.0134. The van der Waals surface area contributed by atoms with Crippen molar-refractivity contribution >= 4 is 23.4 Å². The molecule has 1 saturated heterocycles. The Morgan fingerprint density at radius 3 is 2.48 bits per heavy atom. The van der Waals surface area contributed by atoms with Crippen LogP contribution in [-0.2, 0) is 9.53 Å². The van der Waals surface area contributed by atoms with Gasteiger partial charge in [-0.1, -0.05) is 41.9 Å². The molecule has 3 atom stereocenters. The Hall–Kier alpha value is -2.41. The largest absolute Gasteiger partial charge is 0.378 e. The Balaban J connectivity index is 1.24. The van der Waals surface area contributed by atoms with E-state index in [1.54, 1.807) is 17.0 Å². The second-order valence-electron chi connectivity index (χ2n) is 8.78. The van der Waals surface area contributed by atoms with Gasteiger partial charge in [0.05, 0.1) is 13.2 Å². The minimum atomic E-state index is -0.515. The molecule has 0 aromatic heterocycles. The molecule has 33 heavy (non-hydrogen) atoms. The van der Waals surface area contributed by atoms with E-state index in [9.17, 15) is 9.59 Å². The molecule has 2 aromatic rings. The molecule has 1 aliphatic heterocycles. The monoisotopic (exact) mass is 469 g/mol. The lowest BCUT2D eigenvalue weighted by Gasteiger charge is -2.30. The third-order valence-corrected chi connectivity index (χ3v) is 6.63. The van der Waals surface area contributed by atoms with E-state index in [0.29, 0.717) is 50.2 Å². The second kappa shape index (κ2) is 11.6. The number of unbranched alkanes of at least 4 members (excludes halogenated alkanes) is 1. The molecule has 2 aliphatic rings. The van der Waals surface area contributed by atoms with Crippen molar-refractivity contribution < 1.29 is 14.3 Å². The maximum absolute atomic E-state index is 13.1. The maximum atomic E-state index is 13.1. The van der Waals surface area contributed by atoms with Crippen LogP contribution in [0.3, 0.4) is 0 Å². The summed E-state index contributed by atoms with van der Waals surface area (Å²) in [5.74, 6) is 0.340. The summed E-state index contributed by atoms with van der Waals surface area (Å²) < 4.78 is 5.37. The van der Waals surface area contributed by atoms with Gasteiger partial charge < -0.3 is 20.3 Å². The van der Waals surface area contributed by atoms with Crippen molar-refractivity contribution in [3.8, 4) is 0 Å². The van der Waals surface area contributed by atoms with Crippen LogP contribution in [0.5, 0.6) is 0 Å². The number of hydrogen-bond donors (Lipinski definition) is 2. The van der Waals surface area contributed by atoms with Crippen LogP contribution in [0.4, 0.5) is 0 Å². The molecule has 6 nitrogen and oxygen atoms in total. The first-order valence-corrected chi connectivity index (χ1v) is 12.2. The van der Waals surface area contributed by atoms with Gasteiger partial charge in [-0.15, -0.1) is 0 Å². The molecule has 1 heterocycles. The zero-order chi connectivity index (χ0) is 23.0. The van der Waals surface area contributed by atoms with Crippen molar-refractivity contribution in [3.63, 3.8) is 0 Å². The van der Waals surface area contributed by atoms with Crippen molar-refractivity contribution in [3.05, 3.63) is 70.7 Å². The molecular weight excluding hydrogens is 438 g/mol. The quantitative estimate of drug-likeness (QED) is 0.521. The fourth-order valence-corrected chi connectivity index (χ4v) is 4.48. The summed E-state index contributed by atoms with van der Waals surface area (Å²) in [6.45, 7) is 3.15. The number of nitrogens with one attached hydrogen (secondary N) is 2. The zero-order valence-electron chi connectivity index (χ0n) is 18.8. The number of benzene rings is 2. The average Bonchev–Trinajstić information content (AvgIpc) is 3.63. The number of hydrogen-bond acceptors (Lipinski definition) is 4. The summed E-state index contributed by atoms with van der Waals surface area (Å²) in [6.07, 6.45) is 3.59. The van der Waals surface area contributed by atoms with Gasteiger partial charge in [0, 0.05) is 35.6 Å². The third-order valence-electron chi connectivity index (χ3n) is 6.38. The first-order valence-electron chi connectivity index (χ1n) is 11.8. The van der Waals surface area contributed by atoms with Gasteiger partial charge >= 0.3 is 0 Å². The van der Waals surface area contributed by atoms with Gasteiger partial charge in [-0.05, 0) is 62.1 Å². The Morgan fingerprint density at radius 1 is 1.03 bits per heavy atom. The molecule has 1 aliphatic carbocycles. The van der Waals surface area contributed by atoms with Gasteiger partial charge in [0.1, 0.15) is 6.04 Å². The summed E-state index contributed by atoms with van der Waals surface area (Å²) >= 11 is 5.98. The van der Waals surface area contributed by atoms with Gasteiger partial charge in [0.15, 0.2) is 0 Å². The van der Waals surface area contributed by atoms with Crippen molar-refractivity contribution in [2.24, 2.45) is 0 Å². The number of ether oxygens (including phenoxy) is 1. The molecule has 7 heteroatoms. The van der Waals surface area contributed by atoms with Crippen molar-refractivity contribution in [2.75, 3.05) is 32.8 Å². The predicted octanol–water partition coefficient (Wildman–Crippen LogP) is 3.61. The van der Waals surface area contributed by atoms with Gasteiger partial charge in [0.25, 0.3) is 5.91 Å². The number of nitrogens with zero attached hydrogens (tertiary/aromatic N) is 1. The van der Waals surface area contributed by atoms with Crippen LogP contribution in [0, 0.1) is 0 Å². The van der Waals surface area contributed by atoms with E-state index in [2.05, 4.69) is 22.8 Å². The van der Waals surface area contributed by atoms with E-state index < -0.39 is 6.04 Å². The lowest BCUT2D eigenvalue weighted by atomic mass is 10.1. The Morgan fingerprint density at radius 2 is 1.76 bits per heavy atom. The van der Waals surface area contributed by atoms with Crippen LogP contribution in [0.2, 0.25) is 5.02 Å². The fourth-order valence-electron chi connectivity index (χ4n) is 4.35. The summed E-state index contributed by atoms with van der Waals surface area (Å²) in [5.41, 5.74) is 1.90. The van der Waals surface area contributed by atoms with Gasteiger partial charge in [-0.3, -0.25) is 9.59 Å². The van der Waals surface area contributed by atoms with Crippen LogP contribution < -0.4 is 10.6 Å². The number of carbonyl (C=O) groups is 2. The predicted molar refractivity (Wildman–Crippen MR) is 130 cm³/mol. The van der Waals surface area contributed by atoms with Gasteiger partial charge in [-0.25, -0.2) is 0 Å². The Kier molecular flexibility index (Phi) is 8.37. The lowest BCUT2D eigenvalue weighted by Crippen LogP contribution is -2.51. The highest BCUT2D eigenvalue weighted by molar-refractivity contribution is 6.30. The number of rotatable bonds is 10. The molecule has 0 radical (unpaired) electrons. The summed E-state index contributed by atoms with van der Waals surface area (Å²) in [4.78, 5) is 27.6. The van der Waals surface area contributed by atoms with Crippen LogP contribution in [0.1, 0.15) is 47.5 Å². The molecule has 4 rings (SSSR count). The standard InChI is InChI=1S/C26H32ClN3O3/c27-21-11-9-19(10-12-21)22-18-24(22)28-13-5-4-8-23(26(32)30-14-16-33-17-15-30)29-25(31)20-6-2-1-3-7-20/h1-3,6-7,9-12,22-24,28H,4-5,8,13-18H2,(H,29,31)/t22-,23-,24?/m0/s1. The second-order valence-corrected chi connectivity index (χ2v) is 9.22. The molecule has 2 fully saturated rings. The molecule has 1 saturated carbocycles. The normalized spacial score (nSPS) is 20.8. The number of carbonyl (C=O) groups excluding carboxylic acids is 2. The third kappa shape index (κ3) is 6.79. The Bertz CT molecular complexity index is 916. The molecule has 2 N–H and O–H groups in total. The van der Waals surface area contributed by atoms with Crippen LogP contribution in [0.25, 0.3) is 0 Å². The smallest absolute Gasteiger partial charge is 0.251 e.